The minimum Gasteiger partial charge on any atom is -0.493 e. The molecule has 2 N–H and O–H groups in total. The van der Waals surface area contributed by atoms with Crippen molar-refractivity contribution in [2.75, 3.05) is 13.7 Å². The molecule has 0 spiro atoms. The van der Waals surface area contributed by atoms with Gasteiger partial charge in [-0.25, -0.2) is 8.42 Å². The number of sulfonamides is 1. The largest absolute Gasteiger partial charge is 0.493 e. The van der Waals surface area contributed by atoms with Gasteiger partial charge >= 0.3 is 0 Å². The highest BCUT2D eigenvalue weighted by Gasteiger charge is 2.17. The highest BCUT2D eigenvalue weighted by molar-refractivity contribution is 7.89. The summed E-state index contributed by atoms with van der Waals surface area (Å²) in [6.45, 7) is 6.44. The van der Waals surface area contributed by atoms with E-state index in [1.165, 1.54) is 31.4 Å². The Labute approximate surface area is 166 Å². The van der Waals surface area contributed by atoms with Gasteiger partial charge in [0.15, 0.2) is 11.5 Å². The molecule has 7 nitrogen and oxygen atoms in total. The molecular formula is C20H26N2O5S. The summed E-state index contributed by atoms with van der Waals surface area (Å²) in [7, 11) is -2.42. The van der Waals surface area contributed by atoms with Crippen molar-refractivity contribution in [3.8, 4) is 11.5 Å². The summed E-state index contributed by atoms with van der Waals surface area (Å²) in [6.07, 6.45) is 0.964. The van der Waals surface area contributed by atoms with E-state index in [-0.39, 0.29) is 10.5 Å². The lowest BCUT2D eigenvalue weighted by Crippen LogP contribution is -2.41. The Kier molecular flexibility index (Phi) is 7.42. The van der Waals surface area contributed by atoms with Crippen LogP contribution in [0.1, 0.15) is 49.0 Å². The molecule has 0 aliphatic heterocycles. The van der Waals surface area contributed by atoms with Crippen molar-refractivity contribution in [3.63, 3.8) is 0 Å². The second-order valence-corrected chi connectivity index (χ2v) is 7.92. The fourth-order valence-electron chi connectivity index (χ4n) is 2.54. The number of amides is 1. The van der Waals surface area contributed by atoms with Crippen molar-refractivity contribution in [2.24, 2.45) is 0 Å². The number of hydrazine groups is 1. The quantitative estimate of drug-likeness (QED) is 0.624. The molecule has 8 heteroatoms. The normalized spacial score (nSPS) is 12.3. The maximum atomic E-state index is 12.4. The zero-order chi connectivity index (χ0) is 20.7. The number of methoxy groups -OCH3 is 1. The van der Waals surface area contributed by atoms with Crippen LogP contribution in [0.5, 0.6) is 11.5 Å². The van der Waals surface area contributed by atoms with Crippen LogP contribution in [0.25, 0.3) is 0 Å². The predicted octanol–water partition coefficient (Wildman–Crippen LogP) is 3.23. The fraction of sp³-hybridized carbons (Fsp3) is 0.350. The van der Waals surface area contributed by atoms with Crippen LogP contribution in [0, 0.1) is 0 Å². The first kappa shape index (κ1) is 21.7. The smallest absolute Gasteiger partial charge is 0.266 e. The van der Waals surface area contributed by atoms with Gasteiger partial charge in [0.2, 0.25) is 0 Å². The lowest BCUT2D eigenvalue weighted by Gasteiger charge is -2.13. The minimum absolute atomic E-state index is 0.0733. The van der Waals surface area contributed by atoms with Crippen LogP contribution in [0.4, 0.5) is 0 Å². The maximum absolute atomic E-state index is 12.4. The molecule has 152 valence electrons. The van der Waals surface area contributed by atoms with Crippen LogP contribution < -0.4 is 19.7 Å². The van der Waals surface area contributed by atoms with E-state index in [1.807, 2.05) is 6.92 Å². The Bertz CT molecular complexity index is 911. The molecule has 0 aromatic heterocycles. The van der Waals surface area contributed by atoms with Crippen molar-refractivity contribution in [3.05, 3.63) is 53.6 Å². The molecule has 0 aliphatic rings. The van der Waals surface area contributed by atoms with Gasteiger partial charge in [-0.1, -0.05) is 26.0 Å². The van der Waals surface area contributed by atoms with E-state index in [9.17, 15) is 13.2 Å². The molecule has 0 heterocycles. The van der Waals surface area contributed by atoms with E-state index in [0.29, 0.717) is 24.0 Å². The summed E-state index contributed by atoms with van der Waals surface area (Å²) in [4.78, 5) is 14.5. The molecule has 0 unspecified atom stereocenters. The Hall–Kier alpha value is -2.58. The number of ether oxygens (including phenoxy) is 2. The summed E-state index contributed by atoms with van der Waals surface area (Å²) >= 11 is 0. The summed E-state index contributed by atoms with van der Waals surface area (Å²) in [5, 5.41) is 0. The summed E-state index contributed by atoms with van der Waals surface area (Å²) in [5.41, 5.74) is 3.51. The summed E-state index contributed by atoms with van der Waals surface area (Å²) in [5.74, 6) is 0.627. The highest BCUT2D eigenvalue weighted by Crippen LogP contribution is 2.28. The van der Waals surface area contributed by atoms with Gasteiger partial charge in [0.1, 0.15) is 0 Å². The van der Waals surface area contributed by atoms with E-state index >= 15 is 0 Å². The van der Waals surface area contributed by atoms with E-state index in [1.54, 1.807) is 18.2 Å². The molecule has 0 aliphatic carbocycles. The highest BCUT2D eigenvalue weighted by atomic mass is 32.2. The molecule has 1 amide bonds. The van der Waals surface area contributed by atoms with E-state index in [2.05, 4.69) is 24.1 Å². The molecule has 1 atom stereocenters. The van der Waals surface area contributed by atoms with Crippen LogP contribution >= 0.6 is 0 Å². The standard InChI is InChI=1S/C20H26N2O5S/c1-5-14(3)15-7-10-17(11-8-15)28(24,25)22-21-20(23)16-9-12-18(27-6-2)19(13-16)26-4/h7-14,22H,5-6H2,1-4H3,(H,21,23)/t14-/m0/s1. The molecule has 28 heavy (non-hydrogen) atoms. The average molecular weight is 407 g/mol. The summed E-state index contributed by atoms with van der Waals surface area (Å²) in [6, 6.07) is 11.2. The Morgan fingerprint density at radius 1 is 1.07 bits per heavy atom. The molecule has 2 rings (SSSR count). The van der Waals surface area contributed by atoms with E-state index < -0.39 is 15.9 Å². The van der Waals surface area contributed by atoms with Gasteiger partial charge in [-0.15, -0.1) is 4.83 Å². The van der Waals surface area contributed by atoms with Gasteiger partial charge in [0, 0.05) is 5.56 Å². The molecule has 0 saturated heterocycles. The van der Waals surface area contributed by atoms with Crippen molar-refractivity contribution in [1.29, 1.82) is 0 Å². The lowest BCUT2D eigenvalue weighted by molar-refractivity contribution is 0.0944. The SMILES string of the molecule is CCOc1ccc(C(=O)NNS(=O)(=O)c2ccc([C@@H](C)CC)cc2)cc1OC. The Morgan fingerprint density at radius 2 is 1.75 bits per heavy atom. The lowest BCUT2D eigenvalue weighted by atomic mass is 9.99. The van der Waals surface area contributed by atoms with E-state index in [4.69, 9.17) is 9.47 Å². The first-order valence-electron chi connectivity index (χ1n) is 9.05. The minimum atomic E-state index is -3.88. The van der Waals surface area contributed by atoms with Crippen molar-refractivity contribution >= 4 is 15.9 Å². The number of benzene rings is 2. The Balaban J connectivity index is 2.08. The van der Waals surface area contributed by atoms with Crippen molar-refractivity contribution < 1.29 is 22.7 Å². The molecule has 2 aromatic carbocycles. The van der Waals surface area contributed by atoms with Gasteiger partial charge in [-0.2, -0.15) is 0 Å². The number of rotatable bonds is 9. The number of carbonyl (C=O) groups excluding carboxylic acids is 1. The first-order chi connectivity index (χ1) is 13.3. The number of carbonyl (C=O) groups is 1. The predicted molar refractivity (Wildman–Crippen MR) is 107 cm³/mol. The van der Waals surface area contributed by atoms with Crippen LogP contribution in [-0.4, -0.2) is 28.0 Å². The second-order valence-electron chi connectivity index (χ2n) is 6.24. The van der Waals surface area contributed by atoms with Crippen molar-refractivity contribution in [2.45, 2.75) is 38.0 Å². The van der Waals surface area contributed by atoms with Crippen LogP contribution in [0.2, 0.25) is 0 Å². The van der Waals surface area contributed by atoms with Gasteiger partial charge in [0.05, 0.1) is 18.6 Å². The monoisotopic (exact) mass is 406 g/mol. The van der Waals surface area contributed by atoms with Gasteiger partial charge in [0.25, 0.3) is 15.9 Å². The van der Waals surface area contributed by atoms with Crippen LogP contribution in [-0.2, 0) is 10.0 Å². The third-order valence-corrected chi connectivity index (χ3v) is 5.66. The number of hydrogen-bond donors (Lipinski definition) is 2. The average Bonchev–Trinajstić information content (AvgIpc) is 2.72. The van der Waals surface area contributed by atoms with Gasteiger partial charge < -0.3 is 9.47 Å². The maximum Gasteiger partial charge on any atom is 0.266 e. The van der Waals surface area contributed by atoms with Crippen LogP contribution in [0.3, 0.4) is 0 Å². The molecule has 0 fully saturated rings. The first-order valence-corrected chi connectivity index (χ1v) is 10.5. The molecule has 0 bridgehead atoms. The summed E-state index contributed by atoms with van der Waals surface area (Å²) < 4.78 is 35.4. The zero-order valence-corrected chi connectivity index (χ0v) is 17.3. The molecular weight excluding hydrogens is 380 g/mol. The topological polar surface area (TPSA) is 93.7 Å². The van der Waals surface area contributed by atoms with Crippen LogP contribution in [0.15, 0.2) is 47.4 Å². The Morgan fingerprint density at radius 3 is 2.32 bits per heavy atom. The van der Waals surface area contributed by atoms with Gasteiger partial charge in [-0.3, -0.25) is 10.2 Å². The van der Waals surface area contributed by atoms with Gasteiger partial charge in [-0.05, 0) is 55.2 Å². The fourth-order valence-corrected chi connectivity index (χ4v) is 3.38. The molecule has 0 radical (unpaired) electrons. The molecule has 2 aromatic rings. The third kappa shape index (κ3) is 5.24. The van der Waals surface area contributed by atoms with Crippen molar-refractivity contribution in [1.82, 2.24) is 10.3 Å². The number of nitrogens with one attached hydrogen (secondary N) is 2. The van der Waals surface area contributed by atoms with E-state index in [0.717, 1.165) is 12.0 Å². The molecule has 0 saturated carbocycles. The third-order valence-electron chi connectivity index (χ3n) is 4.40. The zero-order valence-electron chi connectivity index (χ0n) is 16.5. The number of hydrogen-bond acceptors (Lipinski definition) is 5. The second kappa shape index (κ2) is 9.57.